The van der Waals surface area contributed by atoms with E-state index in [1.54, 1.807) is 7.05 Å². The first-order valence-corrected chi connectivity index (χ1v) is 7.86. The molecule has 3 aromatic rings. The van der Waals surface area contributed by atoms with Gasteiger partial charge in [-0.05, 0) is 18.6 Å². The predicted molar refractivity (Wildman–Crippen MR) is 96.0 cm³/mol. The Labute approximate surface area is 140 Å². The predicted octanol–water partition coefficient (Wildman–Crippen LogP) is 3.42. The number of benzene rings is 2. The molecular formula is C18H18N6. The SMILES string of the molecule is CNc1nnc2c(n1)NC(c1ccc(C)cc1)Nc1ccccc1-2. The van der Waals surface area contributed by atoms with Gasteiger partial charge in [0.05, 0.1) is 0 Å². The van der Waals surface area contributed by atoms with Crippen molar-refractivity contribution in [1.82, 2.24) is 15.2 Å². The average molecular weight is 318 g/mol. The third kappa shape index (κ3) is 2.52. The van der Waals surface area contributed by atoms with Crippen LogP contribution >= 0.6 is 0 Å². The van der Waals surface area contributed by atoms with Gasteiger partial charge in [0.1, 0.15) is 11.9 Å². The minimum absolute atomic E-state index is 0.102. The summed E-state index contributed by atoms with van der Waals surface area (Å²) in [7, 11) is 1.78. The van der Waals surface area contributed by atoms with Crippen LogP contribution in [-0.4, -0.2) is 22.2 Å². The molecule has 0 spiro atoms. The number of aromatic nitrogens is 3. The molecule has 0 saturated carbocycles. The molecule has 1 aromatic heterocycles. The van der Waals surface area contributed by atoms with Crippen LogP contribution in [0.4, 0.5) is 17.5 Å². The first-order valence-electron chi connectivity index (χ1n) is 7.86. The number of nitrogens with one attached hydrogen (secondary N) is 3. The minimum Gasteiger partial charge on any atom is -0.361 e. The van der Waals surface area contributed by atoms with Crippen LogP contribution < -0.4 is 16.0 Å². The summed E-state index contributed by atoms with van der Waals surface area (Å²) in [6.45, 7) is 2.08. The van der Waals surface area contributed by atoms with Crippen LogP contribution in [0.2, 0.25) is 0 Å². The first kappa shape index (κ1) is 14.4. The summed E-state index contributed by atoms with van der Waals surface area (Å²) in [6, 6.07) is 16.5. The normalized spacial score (nSPS) is 15.3. The minimum atomic E-state index is -0.102. The molecule has 0 saturated heterocycles. The number of fused-ring (bicyclic) bond motifs is 3. The number of nitrogens with zero attached hydrogens (tertiary/aromatic N) is 3. The van der Waals surface area contributed by atoms with E-state index >= 15 is 0 Å². The number of anilines is 3. The molecule has 1 aliphatic rings. The molecule has 1 atom stereocenters. The van der Waals surface area contributed by atoms with Gasteiger partial charge in [0.15, 0.2) is 5.82 Å². The summed E-state index contributed by atoms with van der Waals surface area (Å²) >= 11 is 0. The van der Waals surface area contributed by atoms with Gasteiger partial charge in [-0.1, -0.05) is 48.0 Å². The number of para-hydroxylation sites is 1. The maximum atomic E-state index is 4.55. The summed E-state index contributed by atoms with van der Waals surface area (Å²) in [5.41, 5.74) is 5.09. The van der Waals surface area contributed by atoms with Gasteiger partial charge in [0, 0.05) is 18.3 Å². The lowest BCUT2D eigenvalue weighted by molar-refractivity contribution is 0.887. The van der Waals surface area contributed by atoms with E-state index in [1.807, 2.05) is 24.3 Å². The highest BCUT2D eigenvalue weighted by atomic mass is 15.3. The molecule has 1 aliphatic heterocycles. The van der Waals surface area contributed by atoms with Crippen molar-refractivity contribution in [2.45, 2.75) is 13.1 Å². The van der Waals surface area contributed by atoms with Crippen LogP contribution in [0.25, 0.3) is 11.3 Å². The smallest absolute Gasteiger partial charge is 0.244 e. The Balaban J connectivity index is 1.85. The summed E-state index contributed by atoms with van der Waals surface area (Å²) in [5.74, 6) is 1.20. The average Bonchev–Trinajstić information content (AvgIpc) is 2.78. The quantitative estimate of drug-likeness (QED) is 0.672. The zero-order valence-corrected chi connectivity index (χ0v) is 13.5. The molecule has 0 bridgehead atoms. The monoisotopic (exact) mass is 318 g/mol. The van der Waals surface area contributed by atoms with Gasteiger partial charge in [0.2, 0.25) is 5.95 Å². The zero-order valence-electron chi connectivity index (χ0n) is 13.5. The van der Waals surface area contributed by atoms with E-state index in [1.165, 1.54) is 5.56 Å². The van der Waals surface area contributed by atoms with E-state index in [2.05, 4.69) is 62.3 Å². The third-order valence-corrected chi connectivity index (χ3v) is 4.08. The van der Waals surface area contributed by atoms with Crippen molar-refractivity contribution in [3.8, 4) is 11.3 Å². The standard InChI is InChI=1S/C18H18N6/c1-11-7-9-12(10-8-11)16-20-14-6-4-3-5-13(14)15-17(21-16)22-18(19-2)24-23-15/h3-10,16,20H,1-2H3,(H2,19,21,22,24). The molecule has 0 fully saturated rings. The Morgan fingerprint density at radius 3 is 2.54 bits per heavy atom. The summed E-state index contributed by atoms with van der Waals surface area (Å²) < 4.78 is 0. The molecule has 0 amide bonds. The largest absolute Gasteiger partial charge is 0.361 e. The number of hydrogen-bond acceptors (Lipinski definition) is 6. The fourth-order valence-electron chi connectivity index (χ4n) is 2.78. The van der Waals surface area contributed by atoms with Crippen LogP contribution in [0.5, 0.6) is 0 Å². The topological polar surface area (TPSA) is 74.8 Å². The Kier molecular flexibility index (Phi) is 3.49. The Morgan fingerprint density at radius 2 is 1.75 bits per heavy atom. The van der Waals surface area contributed by atoms with E-state index in [4.69, 9.17) is 0 Å². The highest BCUT2D eigenvalue weighted by Crippen LogP contribution is 2.37. The molecule has 120 valence electrons. The Morgan fingerprint density at radius 1 is 0.958 bits per heavy atom. The molecular weight excluding hydrogens is 300 g/mol. The van der Waals surface area contributed by atoms with Gasteiger partial charge in [-0.2, -0.15) is 4.98 Å². The fraction of sp³-hybridized carbons (Fsp3) is 0.167. The molecule has 4 rings (SSSR count). The highest BCUT2D eigenvalue weighted by Gasteiger charge is 2.23. The second kappa shape index (κ2) is 5.81. The van der Waals surface area contributed by atoms with Crippen LogP contribution in [-0.2, 0) is 0 Å². The Bertz CT molecular complexity index is 875. The van der Waals surface area contributed by atoms with Crippen LogP contribution in [0.3, 0.4) is 0 Å². The van der Waals surface area contributed by atoms with E-state index in [0.717, 1.165) is 22.5 Å². The molecule has 0 aliphatic carbocycles. The fourth-order valence-corrected chi connectivity index (χ4v) is 2.78. The van der Waals surface area contributed by atoms with Crippen LogP contribution in [0.1, 0.15) is 17.3 Å². The lowest BCUT2D eigenvalue weighted by Crippen LogP contribution is -2.19. The molecule has 24 heavy (non-hydrogen) atoms. The summed E-state index contributed by atoms with van der Waals surface area (Å²) in [6.07, 6.45) is -0.102. The first-order chi connectivity index (χ1) is 11.7. The second-order valence-corrected chi connectivity index (χ2v) is 5.76. The molecule has 6 heteroatoms. The molecule has 6 nitrogen and oxygen atoms in total. The van der Waals surface area contributed by atoms with Gasteiger partial charge in [-0.25, -0.2) is 0 Å². The zero-order chi connectivity index (χ0) is 16.5. The molecule has 0 radical (unpaired) electrons. The van der Waals surface area contributed by atoms with Gasteiger partial charge in [-0.3, -0.25) is 0 Å². The maximum absolute atomic E-state index is 4.55. The van der Waals surface area contributed by atoms with Crippen molar-refractivity contribution < 1.29 is 0 Å². The highest BCUT2D eigenvalue weighted by molar-refractivity contribution is 5.84. The van der Waals surface area contributed by atoms with E-state index in [9.17, 15) is 0 Å². The number of hydrogen-bond donors (Lipinski definition) is 3. The van der Waals surface area contributed by atoms with E-state index in [-0.39, 0.29) is 6.17 Å². The summed E-state index contributed by atoms with van der Waals surface area (Å²) in [4.78, 5) is 4.55. The van der Waals surface area contributed by atoms with Crippen LogP contribution in [0, 0.1) is 6.92 Å². The third-order valence-electron chi connectivity index (χ3n) is 4.08. The lowest BCUT2D eigenvalue weighted by atomic mass is 10.1. The van der Waals surface area contributed by atoms with Crippen molar-refractivity contribution in [2.75, 3.05) is 23.0 Å². The molecule has 2 heterocycles. The maximum Gasteiger partial charge on any atom is 0.244 e. The van der Waals surface area contributed by atoms with Crippen molar-refractivity contribution in [3.05, 3.63) is 59.7 Å². The Hall–Kier alpha value is -3.15. The van der Waals surface area contributed by atoms with Gasteiger partial charge >= 0.3 is 0 Å². The molecule has 1 unspecified atom stereocenters. The van der Waals surface area contributed by atoms with E-state index in [0.29, 0.717) is 11.8 Å². The van der Waals surface area contributed by atoms with Crippen molar-refractivity contribution >= 4 is 17.5 Å². The van der Waals surface area contributed by atoms with Crippen molar-refractivity contribution in [1.29, 1.82) is 0 Å². The molecule has 3 N–H and O–H groups in total. The van der Waals surface area contributed by atoms with Crippen molar-refractivity contribution in [2.24, 2.45) is 0 Å². The molecule has 2 aromatic carbocycles. The van der Waals surface area contributed by atoms with Crippen LogP contribution in [0.15, 0.2) is 48.5 Å². The number of rotatable bonds is 2. The number of aryl methyl sites for hydroxylation is 1. The van der Waals surface area contributed by atoms with Crippen molar-refractivity contribution in [3.63, 3.8) is 0 Å². The van der Waals surface area contributed by atoms with E-state index < -0.39 is 0 Å². The lowest BCUT2D eigenvalue weighted by Gasteiger charge is -2.20. The van der Waals surface area contributed by atoms with Gasteiger partial charge < -0.3 is 16.0 Å². The van der Waals surface area contributed by atoms with Gasteiger partial charge in [0.25, 0.3) is 0 Å². The summed E-state index contributed by atoms with van der Waals surface area (Å²) in [5, 5.41) is 18.4. The van der Waals surface area contributed by atoms with Gasteiger partial charge in [-0.15, -0.1) is 10.2 Å². The second-order valence-electron chi connectivity index (χ2n) is 5.76.